The van der Waals surface area contributed by atoms with Crippen LogP contribution in [-0.4, -0.2) is 30.6 Å². The average molecular weight is 346 g/mol. The fourth-order valence-electron chi connectivity index (χ4n) is 3.63. The fraction of sp³-hybridized carbons (Fsp3) is 0.667. The van der Waals surface area contributed by atoms with Crippen molar-refractivity contribution < 1.29 is 19.0 Å². The van der Waals surface area contributed by atoms with Gasteiger partial charge in [0.25, 0.3) is 0 Å². The van der Waals surface area contributed by atoms with Crippen LogP contribution in [0.25, 0.3) is 0 Å². The number of benzene rings is 1. The summed E-state index contributed by atoms with van der Waals surface area (Å²) in [6.07, 6.45) is 5.77. The second-order valence-electron chi connectivity index (χ2n) is 8.29. The minimum absolute atomic E-state index is 0.0221. The van der Waals surface area contributed by atoms with Gasteiger partial charge in [-0.3, -0.25) is 4.79 Å². The van der Waals surface area contributed by atoms with Crippen molar-refractivity contribution in [3.8, 4) is 0 Å². The predicted molar refractivity (Wildman–Crippen MR) is 96.1 cm³/mol. The molecule has 138 valence electrons. The molecule has 1 heterocycles. The Bertz CT molecular complexity index is 569. The Balaban J connectivity index is 1.61. The van der Waals surface area contributed by atoms with Gasteiger partial charge in [0.1, 0.15) is 0 Å². The summed E-state index contributed by atoms with van der Waals surface area (Å²) < 4.78 is 18.2. The maximum atomic E-state index is 12.0. The first-order valence-corrected chi connectivity index (χ1v) is 9.45. The maximum Gasteiger partial charge on any atom is 0.311 e. The lowest BCUT2D eigenvalue weighted by Crippen LogP contribution is -2.29. The lowest BCUT2D eigenvalue weighted by molar-refractivity contribution is -0.171. The first-order valence-electron chi connectivity index (χ1n) is 9.45. The van der Waals surface area contributed by atoms with Gasteiger partial charge in [-0.2, -0.15) is 0 Å². The summed E-state index contributed by atoms with van der Waals surface area (Å²) in [4.78, 5) is 12.0. The van der Waals surface area contributed by atoms with Crippen molar-refractivity contribution in [2.24, 2.45) is 5.41 Å². The van der Waals surface area contributed by atoms with Crippen LogP contribution in [-0.2, 0) is 25.4 Å². The van der Waals surface area contributed by atoms with Crippen molar-refractivity contribution in [1.29, 1.82) is 0 Å². The van der Waals surface area contributed by atoms with Crippen LogP contribution in [0.3, 0.4) is 0 Å². The van der Waals surface area contributed by atoms with E-state index < -0.39 is 11.2 Å². The third kappa shape index (κ3) is 4.62. The lowest BCUT2D eigenvalue weighted by atomic mass is 9.97. The van der Waals surface area contributed by atoms with E-state index >= 15 is 0 Å². The molecule has 2 fully saturated rings. The molecule has 1 aromatic carbocycles. The smallest absolute Gasteiger partial charge is 0.311 e. The highest BCUT2D eigenvalue weighted by atomic mass is 16.8. The van der Waals surface area contributed by atoms with E-state index in [-0.39, 0.29) is 18.2 Å². The van der Waals surface area contributed by atoms with Gasteiger partial charge in [-0.25, -0.2) is 0 Å². The Labute approximate surface area is 150 Å². The van der Waals surface area contributed by atoms with Gasteiger partial charge in [0.15, 0.2) is 5.79 Å². The van der Waals surface area contributed by atoms with E-state index in [0.717, 1.165) is 32.1 Å². The zero-order chi connectivity index (χ0) is 17.9. The highest BCUT2D eigenvalue weighted by Crippen LogP contribution is 2.43. The number of hydrogen-bond donors (Lipinski definition) is 0. The van der Waals surface area contributed by atoms with Crippen molar-refractivity contribution in [1.82, 2.24) is 0 Å². The molecule has 1 saturated carbocycles. The van der Waals surface area contributed by atoms with E-state index in [9.17, 15) is 4.79 Å². The van der Waals surface area contributed by atoms with Crippen LogP contribution in [0.15, 0.2) is 30.3 Å². The Morgan fingerprint density at radius 1 is 1.12 bits per heavy atom. The highest BCUT2D eigenvalue weighted by molar-refractivity contribution is 5.75. The van der Waals surface area contributed by atoms with Crippen LogP contribution >= 0.6 is 0 Å². The molecule has 2 aliphatic rings. The third-order valence-corrected chi connectivity index (χ3v) is 5.04. The summed E-state index contributed by atoms with van der Waals surface area (Å²) in [5.74, 6) is -0.570. The molecule has 4 heteroatoms. The van der Waals surface area contributed by atoms with Crippen molar-refractivity contribution in [3.63, 3.8) is 0 Å². The Kier molecular flexibility index (Phi) is 5.49. The minimum atomic E-state index is -0.469. The van der Waals surface area contributed by atoms with Gasteiger partial charge < -0.3 is 14.2 Å². The zero-order valence-corrected chi connectivity index (χ0v) is 15.6. The number of carbonyl (C=O) groups is 1. The van der Waals surface area contributed by atoms with Gasteiger partial charge in [-0.05, 0) is 39.2 Å². The molecule has 3 rings (SSSR count). The normalized spacial score (nSPS) is 25.4. The zero-order valence-electron chi connectivity index (χ0n) is 15.6. The van der Waals surface area contributed by atoms with Gasteiger partial charge in [0, 0.05) is 25.7 Å². The van der Waals surface area contributed by atoms with Gasteiger partial charge in [0.2, 0.25) is 0 Å². The lowest BCUT2D eigenvalue weighted by Gasteiger charge is -2.22. The van der Waals surface area contributed by atoms with Gasteiger partial charge in [-0.1, -0.05) is 30.3 Å². The highest BCUT2D eigenvalue weighted by Gasteiger charge is 2.48. The molecule has 0 radical (unpaired) electrons. The quantitative estimate of drug-likeness (QED) is 0.747. The van der Waals surface area contributed by atoms with Crippen LogP contribution in [0.5, 0.6) is 0 Å². The van der Waals surface area contributed by atoms with E-state index in [1.807, 2.05) is 26.8 Å². The molecule has 25 heavy (non-hydrogen) atoms. The number of ether oxygens (including phenoxy) is 3. The number of carbonyl (C=O) groups excluding carboxylic acids is 1. The van der Waals surface area contributed by atoms with Crippen molar-refractivity contribution >= 4 is 5.97 Å². The molecule has 0 amide bonds. The summed E-state index contributed by atoms with van der Waals surface area (Å²) >= 11 is 0. The summed E-state index contributed by atoms with van der Waals surface area (Å²) in [7, 11) is 0. The van der Waals surface area contributed by atoms with Gasteiger partial charge >= 0.3 is 5.97 Å². The Hall–Kier alpha value is -1.39. The Morgan fingerprint density at radius 2 is 1.76 bits per heavy atom. The van der Waals surface area contributed by atoms with E-state index in [0.29, 0.717) is 13.0 Å². The summed E-state index contributed by atoms with van der Waals surface area (Å²) in [5.41, 5.74) is 0.784. The van der Waals surface area contributed by atoms with Crippen LogP contribution in [0.1, 0.15) is 58.4 Å². The van der Waals surface area contributed by atoms with Crippen LogP contribution in [0, 0.1) is 5.41 Å². The molecule has 0 aromatic heterocycles. The number of esters is 1. The Morgan fingerprint density at radius 3 is 2.40 bits per heavy atom. The summed E-state index contributed by atoms with van der Waals surface area (Å²) in [6, 6.07) is 10.4. The van der Waals surface area contributed by atoms with Crippen molar-refractivity contribution in [2.45, 2.75) is 77.3 Å². The van der Waals surface area contributed by atoms with Crippen LogP contribution in [0.4, 0.5) is 0 Å². The first kappa shape index (κ1) is 18.4. The predicted octanol–water partition coefficient (Wildman–Crippen LogP) is 4.26. The average Bonchev–Trinajstić information content (AvgIpc) is 3.15. The molecule has 2 atom stereocenters. The summed E-state index contributed by atoms with van der Waals surface area (Å²) in [6.45, 7) is 5.99. The molecule has 0 bridgehead atoms. The third-order valence-electron chi connectivity index (χ3n) is 5.04. The minimum Gasteiger partial charge on any atom is -0.465 e. The van der Waals surface area contributed by atoms with Gasteiger partial charge in [-0.15, -0.1) is 0 Å². The monoisotopic (exact) mass is 346 g/mol. The molecule has 4 nitrogen and oxygen atoms in total. The number of rotatable bonds is 5. The van der Waals surface area contributed by atoms with E-state index in [1.54, 1.807) is 0 Å². The van der Waals surface area contributed by atoms with Crippen LogP contribution in [0.2, 0.25) is 0 Å². The summed E-state index contributed by atoms with van der Waals surface area (Å²) in [5, 5.41) is 0. The molecule has 1 spiro atoms. The van der Waals surface area contributed by atoms with E-state index in [1.165, 1.54) is 5.56 Å². The fourth-order valence-corrected chi connectivity index (χ4v) is 3.63. The molecular formula is C21H30O4. The molecule has 0 unspecified atom stereocenters. The number of hydrogen-bond acceptors (Lipinski definition) is 4. The molecule has 1 aliphatic heterocycles. The second-order valence-corrected chi connectivity index (χ2v) is 8.29. The first-order chi connectivity index (χ1) is 11.9. The van der Waals surface area contributed by atoms with Crippen molar-refractivity contribution in [3.05, 3.63) is 35.9 Å². The van der Waals surface area contributed by atoms with E-state index in [4.69, 9.17) is 14.2 Å². The van der Waals surface area contributed by atoms with E-state index in [2.05, 4.69) is 24.3 Å². The van der Waals surface area contributed by atoms with Crippen molar-refractivity contribution in [2.75, 3.05) is 6.61 Å². The standard InChI is InChI=1S/C21H30O4/c1-20(2,3)19(22)23-14-11-17-18(15-16-9-5-4-6-10-16)25-21(24-17)12-7-8-13-21/h4-6,9-10,17-18H,7-8,11-15H2,1-3H3/t17-,18-/m0/s1. The van der Waals surface area contributed by atoms with Gasteiger partial charge in [0.05, 0.1) is 24.2 Å². The van der Waals surface area contributed by atoms with Crippen LogP contribution < -0.4 is 0 Å². The molecule has 1 aromatic rings. The molecular weight excluding hydrogens is 316 g/mol. The maximum absolute atomic E-state index is 12.0. The second kappa shape index (κ2) is 7.46. The topological polar surface area (TPSA) is 44.8 Å². The SMILES string of the molecule is CC(C)(C)C(=O)OCC[C@@H]1OC2(CCCC2)O[C@H]1Cc1ccccc1. The molecule has 0 N–H and O–H groups in total. The largest absolute Gasteiger partial charge is 0.465 e. The molecule has 1 saturated heterocycles. The molecule has 1 aliphatic carbocycles.